The number of alkyl carbamates (subject to hydrolysis) is 1. The normalized spacial score (nSPS) is 10.4. The largest absolute Gasteiger partial charge is 0.449 e. The minimum Gasteiger partial charge on any atom is -0.449 e. The molecule has 0 heterocycles. The van der Waals surface area contributed by atoms with E-state index in [9.17, 15) is 4.79 Å². The Balaban J connectivity index is 3.10. The molecule has 0 aromatic rings. The number of rotatable bonds is 13. The van der Waals surface area contributed by atoms with E-state index in [1.807, 2.05) is 35.3 Å². The van der Waals surface area contributed by atoms with E-state index in [4.69, 9.17) is 9.84 Å². The third kappa shape index (κ3) is 16.6. The minimum absolute atomic E-state index is 0.0653. The Morgan fingerprint density at radius 3 is 2.53 bits per heavy atom. The molecule has 2 N–H and O–H groups in total. The molecular weight excluding hydrogens is 322 g/mol. The zero-order chi connectivity index (χ0) is 14.2. The van der Waals surface area contributed by atoms with Gasteiger partial charge >= 0.3 is 6.09 Å². The third-order valence-electron chi connectivity index (χ3n) is 1.75. The van der Waals surface area contributed by atoms with E-state index < -0.39 is 0 Å². The van der Waals surface area contributed by atoms with Crippen molar-refractivity contribution in [2.45, 2.75) is 13.3 Å². The molecule has 0 aliphatic rings. The van der Waals surface area contributed by atoms with Gasteiger partial charge in [0.25, 0.3) is 0 Å². The number of ether oxygens (including phenoxy) is 1. The van der Waals surface area contributed by atoms with Crippen molar-refractivity contribution >= 4 is 53.1 Å². The van der Waals surface area contributed by atoms with Gasteiger partial charge in [-0.25, -0.2) is 4.79 Å². The summed E-state index contributed by atoms with van der Waals surface area (Å²) in [5.41, 5.74) is 0. The molecule has 0 saturated carbocycles. The lowest BCUT2D eigenvalue weighted by atomic mass is 10.6. The maximum atomic E-state index is 11.2. The Bertz CT molecular complexity index is 210. The van der Waals surface area contributed by atoms with Gasteiger partial charge in [0.2, 0.25) is 0 Å². The maximum absolute atomic E-state index is 11.2. The Kier molecular flexibility index (Phi) is 17.2. The number of thioether (sulfide) groups is 4. The molecular formula is C11H23NO3S4. The van der Waals surface area contributed by atoms with Crippen molar-refractivity contribution in [1.82, 2.24) is 5.32 Å². The van der Waals surface area contributed by atoms with Crippen LogP contribution >= 0.6 is 47.0 Å². The van der Waals surface area contributed by atoms with Crippen molar-refractivity contribution in [1.29, 1.82) is 0 Å². The van der Waals surface area contributed by atoms with Crippen LogP contribution in [0.5, 0.6) is 0 Å². The van der Waals surface area contributed by atoms with E-state index in [1.165, 1.54) is 23.9 Å². The van der Waals surface area contributed by atoms with Gasteiger partial charge in [-0.05, 0) is 12.2 Å². The summed E-state index contributed by atoms with van der Waals surface area (Å²) in [4.78, 5) is 11.2. The quantitative estimate of drug-likeness (QED) is 0.393. The van der Waals surface area contributed by atoms with Gasteiger partial charge in [0, 0.05) is 28.2 Å². The van der Waals surface area contributed by atoms with Crippen LogP contribution in [0.3, 0.4) is 0 Å². The number of hydrogen-bond donors (Lipinski definition) is 2. The van der Waals surface area contributed by atoms with Crippen LogP contribution in [0.1, 0.15) is 13.3 Å². The molecule has 4 nitrogen and oxygen atoms in total. The molecule has 19 heavy (non-hydrogen) atoms. The van der Waals surface area contributed by atoms with Crippen LogP contribution in [0.4, 0.5) is 4.79 Å². The highest BCUT2D eigenvalue weighted by Gasteiger charge is 2.00. The predicted octanol–water partition coefficient (Wildman–Crippen LogP) is 2.92. The number of hydrogen-bond acceptors (Lipinski definition) is 7. The van der Waals surface area contributed by atoms with Crippen LogP contribution in [0.15, 0.2) is 0 Å². The average molecular weight is 346 g/mol. The van der Waals surface area contributed by atoms with Crippen LogP contribution in [-0.4, -0.2) is 57.7 Å². The number of aliphatic hydroxyl groups excluding tert-OH is 1. The summed E-state index contributed by atoms with van der Waals surface area (Å²) >= 11 is 7.06. The van der Waals surface area contributed by atoms with E-state index in [2.05, 4.69) is 12.2 Å². The molecule has 0 aliphatic carbocycles. The molecule has 0 saturated heterocycles. The highest BCUT2D eigenvalue weighted by molar-refractivity contribution is 8.22. The van der Waals surface area contributed by atoms with Gasteiger partial charge in [0.1, 0.15) is 6.61 Å². The summed E-state index contributed by atoms with van der Waals surface area (Å²) in [7, 11) is 0. The van der Waals surface area contributed by atoms with Gasteiger partial charge in [0.05, 0.1) is 5.94 Å². The fourth-order valence-electron chi connectivity index (χ4n) is 0.948. The van der Waals surface area contributed by atoms with Crippen molar-refractivity contribution < 1.29 is 14.6 Å². The van der Waals surface area contributed by atoms with Gasteiger partial charge in [-0.2, -0.15) is 11.8 Å². The molecule has 0 aliphatic heterocycles. The smallest absolute Gasteiger partial charge is 0.407 e. The second kappa shape index (κ2) is 16.7. The fourth-order valence-corrected chi connectivity index (χ4v) is 4.58. The summed E-state index contributed by atoms with van der Waals surface area (Å²) in [6.07, 6.45) is 0.867. The minimum atomic E-state index is -0.370. The third-order valence-corrected chi connectivity index (χ3v) is 6.24. The Morgan fingerprint density at radius 2 is 1.84 bits per heavy atom. The second-order valence-corrected chi connectivity index (χ2v) is 8.36. The summed E-state index contributed by atoms with van der Waals surface area (Å²) < 4.78 is 4.92. The van der Waals surface area contributed by atoms with Crippen molar-refractivity contribution in [3.05, 3.63) is 0 Å². The molecule has 0 aromatic carbocycles. The van der Waals surface area contributed by atoms with Gasteiger partial charge in [-0.3, -0.25) is 0 Å². The van der Waals surface area contributed by atoms with E-state index in [1.54, 1.807) is 0 Å². The monoisotopic (exact) mass is 345 g/mol. The summed E-state index contributed by atoms with van der Waals surface area (Å²) in [5, 5.41) is 13.4. The van der Waals surface area contributed by atoms with Gasteiger partial charge in [0.15, 0.2) is 0 Å². The first kappa shape index (κ1) is 19.6. The zero-order valence-electron chi connectivity index (χ0n) is 11.3. The Labute approximate surface area is 133 Å². The molecule has 0 atom stereocenters. The van der Waals surface area contributed by atoms with Crippen molar-refractivity contribution in [3.63, 3.8) is 0 Å². The molecule has 0 radical (unpaired) electrons. The molecule has 0 fully saturated rings. The van der Waals surface area contributed by atoms with Crippen LogP contribution in [0.2, 0.25) is 0 Å². The van der Waals surface area contributed by atoms with Crippen molar-refractivity contribution in [2.75, 3.05) is 46.5 Å². The summed E-state index contributed by atoms with van der Waals surface area (Å²) in [5.74, 6) is 2.84. The van der Waals surface area contributed by atoms with Crippen LogP contribution < -0.4 is 5.32 Å². The molecule has 8 heteroatoms. The molecule has 0 spiro atoms. The van der Waals surface area contributed by atoms with Gasteiger partial charge in [-0.1, -0.05) is 6.92 Å². The highest BCUT2D eigenvalue weighted by atomic mass is 32.2. The predicted molar refractivity (Wildman–Crippen MR) is 91.4 cm³/mol. The van der Waals surface area contributed by atoms with Gasteiger partial charge < -0.3 is 15.2 Å². The molecule has 1 amide bonds. The first-order valence-corrected chi connectivity index (χ1v) is 10.8. The standard InChI is InChI=1S/C11H23NO3S4/c1-2-5-17-9-19-10-18-6-3-12-11(14)15-4-7-16-8-13/h13H,2-10H2,1H3,(H,12,14). The highest BCUT2D eigenvalue weighted by Crippen LogP contribution is 2.17. The van der Waals surface area contributed by atoms with E-state index in [-0.39, 0.29) is 12.0 Å². The first-order valence-electron chi connectivity index (χ1n) is 6.13. The molecule has 0 bridgehead atoms. The van der Waals surface area contributed by atoms with Crippen molar-refractivity contribution in [3.8, 4) is 0 Å². The van der Waals surface area contributed by atoms with Crippen LogP contribution in [0.25, 0.3) is 0 Å². The Morgan fingerprint density at radius 1 is 1.11 bits per heavy atom. The topological polar surface area (TPSA) is 58.6 Å². The van der Waals surface area contributed by atoms with E-state index >= 15 is 0 Å². The van der Waals surface area contributed by atoms with Crippen LogP contribution in [-0.2, 0) is 4.74 Å². The molecule has 0 aromatic heterocycles. The molecule has 0 rings (SSSR count). The number of nitrogens with one attached hydrogen (secondary N) is 1. The summed E-state index contributed by atoms with van der Waals surface area (Å²) in [6, 6.07) is 0. The SMILES string of the molecule is CCCSCSCSCCNC(=O)OCCSCO. The number of amides is 1. The first-order chi connectivity index (χ1) is 9.31. The molecule has 114 valence electrons. The molecule has 0 unspecified atom stereocenters. The second-order valence-electron chi connectivity index (χ2n) is 3.36. The average Bonchev–Trinajstić information content (AvgIpc) is 2.42. The van der Waals surface area contributed by atoms with E-state index in [0.29, 0.717) is 18.9 Å². The number of carbonyl (C=O) groups is 1. The van der Waals surface area contributed by atoms with Gasteiger partial charge in [-0.15, -0.1) is 35.3 Å². The van der Waals surface area contributed by atoms with E-state index in [0.717, 1.165) is 15.9 Å². The lowest BCUT2D eigenvalue weighted by Crippen LogP contribution is -2.27. The lowest BCUT2D eigenvalue weighted by Gasteiger charge is -2.06. The lowest BCUT2D eigenvalue weighted by molar-refractivity contribution is 0.154. The summed E-state index contributed by atoms with van der Waals surface area (Å²) in [6.45, 7) is 3.17. The van der Waals surface area contributed by atoms with Crippen molar-refractivity contribution in [2.24, 2.45) is 0 Å². The fraction of sp³-hybridized carbons (Fsp3) is 0.909. The zero-order valence-corrected chi connectivity index (χ0v) is 14.5. The number of aliphatic hydroxyl groups is 1. The van der Waals surface area contributed by atoms with Crippen LogP contribution in [0, 0.1) is 0 Å². The number of carbonyl (C=O) groups excluding carboxylic acids is 1. The Hall–Kier alpha value is 0.630. The maximum Gasteiger partial charge on any atom is 0.407 e.